The molecule has 1 aromatic heterocycles. The van der Waals surface area contributed by atoms with E-state index in [0.29, 0.717) is 35.1 Å². The maximum atomic E-state index is 12.8. The summed E-state index contributed by atoms with van der Waals surface area (Å²) in [5.41, 5.74) is 0.748. The zero-order valence-corrected chi connectivity index (χ0v) is 17.9. The van der Waals surface area contributed by atoms with Crippen LogP contribution in [-0.4, -0.2) is 34.7 Å². The average Bonchev–Trinajstić information content (AvgIpc) is 3.23. The number of amides is 2. The Bertz CT molecular complexity index is 1200. The van der Waals surface area contributed by atoms with Gasteiger partial charge >= 0.3 is 0 Å². The molecule has 1 N–H and O–H groups in total. The van der Waals surface area contributed by atoms with Crippen molar-refractivity contribution in [3.63, 3.8) is 0 Å². The van der Waals surface area contributed by atoms with Crippen LogP contribution in [0, 0.1) is 0 Å². The highest BCUT2D eigenvalue weighted by atomic mass is 35.5. The minimum Gasteiger partial charge on any atom is -0.492 e. The second kappa shape index (κ2) is 9.65. The van der Waals surface area contributed by atoms with Gasteiger partial charge < -0.3 is 15.0 Å². The van der Waals surface area contributed by atoms with Crippen molar-refractivity contribution in [2.45, 2.75) is 19.4 Å². The molecule has 1 aliphatic heterocycles. The SMILES string of the molecule is O=C(Nc1cc(N2CCCC2=O)ccc1Cl)c1ccc(=O)n(CCOc2ccccc2)n1. The highest BCUT2D eigenvalue weighted by Crippen LogP contribution is 2.30. The van der Waals surface area contributed by atoms with Crippen molar-refractivity contribution < 1.29 is 14.3 Å². The summed E-state index contributed by atoms with van der Waals surface area (Å²) in [6, 6.07) is 16.9. The third-order valence-corrected chi connectivity index (χ3v) is 5.33. The summed E-state index contributed by atoms with van der Waals surface area (Å²) in [7, 11) is 0. The van der Waals surface area contributed by atoms with Crippen molar-refractivity contribution in [2.24, 2.45) is 0 Å². The Morgan fingerprint density at radius 1 is 1.09 bits per heavy atom. The molecule has 0 radical (unpaired) electrons. The highest BCUT2D eigenvalue weighted by Gasteiger charge is 2.22. The molecular weight excluding hydrogens is 432 g/mol. The van der Waals surface area contributed by atoms with E-state index < -0.39 is 5.91 Å². The largest absolute Gasteiger partial charge is 0.492 e. The first-order valence-corrected chi connectivity index (χ1v) is 10.6. The molecule has 32 heavy (non-hydrogen) atoms. The van der Waals surface area contributed by atoms with Gasteiger partial charge in [0.2, 0.25) is 5.91 Å². The molecule has 2 aromatic carbocycles. The van der Waals surface area contributed by atoms with E-state index in [-0.39, 0.29) is 30.3 Å². The Morgan fingerprint density at radius 2 is 1.91 bits per heavy atom. The monoisotopic (exact) mass is 452 g/mol. The van der Waals surface area contributed by atoms with Gasteiger partial charge in [-0.3, -0.25) is 14.4 Å². The van der Waals surface area contributed by atoms with Crippen molar-refractivity contribution >= 4 is 34.8 Å². The molecule has 164 valence electrons. The van der Waals surface area contributed by atoms with Crippen molar-refractivity contribution in [1.82, 2.24) is 9.78 Å². The number of carbonyl (C=O) groups excluding carboxylic acids is 2. The van der Waals surface area contributed by atoms with E-state index in [2.05, 4.69) is 10.4 Å². The first-order chi connectivity index (χ1) is 15.5. The van der Waals surface area contributed by atoms with E-state index in [1.54, 1.807) is 23.1 Å². The quantitative estimate of drug-likeness (QED) is 0.593. The van der Waals surface area contributed by atoms with E-state index in [1.165, 1.54) is 16.8 Å². The molecule has 1 fully saturated rings. The van der Waals surface area contributed by atoms with Gasteiger partial charge in [0.15, 0.2) is 0 Å². The number of carbonyl (C=O) groups is 2. The maximum absolute atomic E-state index is 12.8. The van der Waals surface area contributed by atoms with Crippen molar-refractivity contribution in [3.8, 4) is 5.75 Å². The summed E-state index contributed by atoms with van der Waals surface area (Å²) in [5.74, 6) is 0.200. The fourth-order valence-corrected chi connectivity index (χ4v) is 3.55. The number of para-hydroxylation sites is 1. The smallest absolute Gasteiger partial charge is 0.276 e. The van der Waals surface area contributed by atoms with E-state index in [0.717, 1.165) is 6.42 Å². The molecule has 1 aliphatic rings. The molecule has 2 amide bonds. The molecule has 0 aliphatic carbocycles. The van der Waals surface area contributed by atoms with Gasteiger partial charge in [-0.05, 0) is 42.8 Å². The number of benzene rings is 2. The van der Waals surface area contributed by atoms with Gasteiger partial charge in [0.25, 0.3) is 11.5 Å². The molecule has 0 bridgehead atoms. The number of anilines is 2. The maximum Gasteiger partial charge on any atom is 0.276 e. The van der Waals surface area contributed by atoms with E-state index in [4.69, 9.17) is 16.3 Å². The Balaban J connectivity index is 1.46. The molecule has 4 rings (SSSR count). The molecule has 2 heterocycles. The second-order valence-electron chi connectivity index (χ2n) is 7.21. The zero-order chi connectivity index (χ0) is 22.5. The lowest BCUT2D eigenvalue weighted by molar-refractivity contribution is -0.117. The van der Waals surface area contributed by atoms with Gasteiger partial charge in [0.1, 0.15) is 18.1 Å². The molecule has 0 unspecified atom stereocenters. The second-order valence-corrected chi connectivity index (χ2v) is 7.62. The minimum absolute atomic E-state index is 0.0380. The predicted octanol–water partition coefficient (Wildman–Crippen LogP) is 3.35. The van der Waals surface area contributed by atoms with Crippen LogP contribution in [0.2, 0.25) is 5.02 Å². The van der Waals surface area contributed by atoms with Crippen LogP contribution in [0.5, 0.6) is 5.75 Å². The minimum atomic E-state index is -0.519. The van der Waals surface area contributed by atoms with Gasteiger partial charge in [0.05, 0.1) is 17.3 Å². The lowest BCUT2D eigenvalue weighted by atomic mass is 10.2. The van der Waals surface area contributed by atoms with Crippen LogP contribution in [0.3, 0.4) is 0 Å². The van der Waals surface area contributed by atoms with Gasteiger partial charge in [0, 0.05) is 24.7 Å². The number of aromatic nitrogens is 2. The standard InChI is InChI=1S/C23H21ClN4O4/c24-18-9-8-16(27-12-4-7-21(27)29)15-20(18)25-23(31)19-10-11-22(30)28(26-19)13-14-32-17-5-2-1-3-6-17/h1-3,5-6,8-11,15H,4,7,12-14H2,(H,25,31). The van der Waals surface area contributed by atoms with Crippen LogP contribution in [0.25, 0.3) is 0 Å². The summed E-state index contributed by atoms with van der Waals surface area (Å²) in [4.78, 5) is 38.6. The number of hydrogen-bond acceptors (Lipinski definition) is 5. The first-order valence-electron chi connectivity index (χ1n) is 10.2. The van der Waals surface area contributed by atoms with Crippen molar-refractivity contribution in [3.05, 3.63) is 81.7 Å². The molecule has 0 saturated carbocycles. The van der Waals surface area contributed by atoms with Gasteiger partial charge in [-0.2, -0.15) is 5.10 Å². The summed E-state index contributed by atoms with van der Waals surface area (Å²) in [6.45, 7) is 1.04. The Kier molecular flexibility index (Phi) is 6.51. The lowest BCUT2D eigenvalue weighted by Gasteiger charge is -2.17. The summed E-state index contributed by atoms with van der Waals surface area (Å²) < 4.78 is 6.78. The molecule has 3 aromatic rings. The molecule has 0 spiro atoms. The fourth-order valence-electron chi connectivity index (χ4n) is 3.38. The van der Waals surface area contributed by atoms with Gasteiger partial charge in [-0.25, -0.2) is 4.68 Å². The predicted molar refractivity (Wildman–Crippen MR) is 121 cm³/mol. The van der Waals surface area contributed by atoms with E-state index in [1.807, 2.05) is 30.3 Å². The molecule has 1 saturated heterocycles. The molecule has 0 atom stereocenters. The lowest BCUT2D eigenvalue weighted by Crippen LogP contribution is -2.28. The number of rotatable bonds is 7. The summed E-state index contributed by atoms with van der Waals surface area (Å²) in [6.07, 6.45) is 1.30. The number of nitrogens with one attached hydrogen (secondary N) is 1. The Hall–Kier alpha value is -3.65. The van der Waals surface area contributed by atoms with E-state index in [9.17, 15) is 14.4 Å². The third-order valence-electron chi connectivity index (χ3n) is 5.00. The first kappa shape index (κ1) is 21.6. The Morgan fingerprint density at radius 3 is 2.66 bits per heavy atom. The van der Waals surface area contributed by atoms with Crippen LogP contribution in [0.1, 0.15) is 23.3 Å². The fraction of sp³-hybridized carbons (Fsp3) is 0.217. The zero-order valence-electron chi connectivity index (χ0n) is 17.2. The molecular formula is C23H21ClN4O4. The van der Waals surface area contributed by atoms with Gasteiger partial charge in [-0.15, -0.1) is 0 Å². The average molecular weight is 453 g/mol. The highest BCUT2D eigenvalue weighted by molar-refractivity contribution is 6.34. The normalized spacial score (nSPS) is 13.3. The van der Waals surface area contributed by atoms with Crippen LogP contribution in [-0.2, 0) is 11.3 Å². The van der Waals surface area contributed by atoms with Crippen molar-refractivity contribution in [2.75, 3.05) is 23.4 Å². The molecule has 8 nitrogen and oxygen atoms in total. The third kappa shape index (κ3) is 4.97. The van der Waals surface area contributed by atoms with Crippen LogP contribution < -0.4 is 20.5 Å². The molecule has 9 heteroatoms. The summed E-state index contributed by atoms with van der Waals surface area (Å²) >= 11 is 6.24. The number of halogens is 1. The number of hydrogen-bond donors (Lipinski definition) is 1. The topological polar surface area (TPSA) is 93.5 Å². The van der Waals surface area contributed by atoms with Gasteiger partial charge in [-0.1, -0.05) is 29.8 Å². The van der Waals surface area contributed by atoms with Crippen molar-refractivity contribution in [1.29, 1.82) is 0 Å². The summed E-state index contributed by atoms with van der Waals surface area (Å²) in [5, 5.41) is 7.19. The van der Waals surface area contributed by atoms with Crippen LogP contribution in [0.15, 0.2) is 65.5 Å². The number of nitrogens with zero attached hydrogens (tertiary/aromatic N) is 3. The van der Waals surface area contributed by atoms with Crippen LogP contribution in [0.4, 0.5) is 11.4 Å². The van der Waals surface area contributed by atoms with Crippen LogP contribution >= 0.6 is 11.6 Å². The number of ether oxygens (including phenoxy) is 1. The van der Waals surface area contributed by atoms with E-state index >= 15 is 0 Å². The Labute approximate surface area is 189 Å².